The lowest BCUT2D eigenvalue weighted by atomic mass is 10.1. The summed E-state index contributed by atoms with van der Waals surface area (Å²) in [7, 11) is 1.75. The number of nitrogens with zero attached hydrogens (tertiary/aromatic N) is 3. The Morgan fingerprint density at radius 3 is 2.71 bits per heavy atom. The van der Waals surface area contributed by atoms with Crippen LogP contribution in [0.3, 0.4) is 0 Å². The number of benzene rings is 1. The minimum atomic E-state index is 0.726. The molecule has 126 valence electrons. The zero-order valence-corrected chi connectivity index (χ0v) is 15.0. The summed E-state index contributed by atoms with van der Waals surface area (Å²) in [6.45, 7) is 5.52. The lowest BCUT2D eigenvalue weighted by molar-refractivity contribution is 0.139. The molecule has 0 saturated carbocycles. The summed E-state index contributed by atoms with van der Waals surface area (Å²) in [6, 6.07) is 13.0. The first-order valence-corrected chi connectivity index (χ1v) is 8.97. The molecule has 5 heteroatoms. The maximum Gasteiger partial charge on any atom is 0.193 e. The van der Waals surface area contributed by atoms with E-state index in [1.165, 1.54) is 16.8 Å². The Bertz CT molecular complexity index is 734. The standard InChI is InChI=1S/C19H23N3OS/c1-16-5-7-17(8-6-16)14-21(11-12-23-2)15-18-4-3-10-22(18)19-20-9-13-24-19/h3-10,13H,11-12,14-15H2,1-2H3. The van der Waals surface area contributed by atoms with E-state index in [4.69, 9.17) is 4.74 Å². The lowest BCUT2D eigenvalue weighted by Gasteiger charge is -2.22. The van der Waals surface area contributed by atoms with Crippen LogP contribution >= 0.6 is 11.3 Å². The SMILES string of the molecule is COCCN(Cc1ccc(C)cc1)Cc1cccn1-c1nccs1. The molecule has 24 heavy (non-hydrogen) atoms. The van der Waals surface area contributed by atoms with Gasteiger partial charge in [-0.2, -0.15) is 0 Å². The van der Waals surface area contributed by atoms with Crippen LogP contribution in [0.2, 0.25) is 0 Å². The average Bonchev–Trinajstić information content (AvgIpc) is 3.25. The van der Waals surface area contributed by atoms with Crippen LogP contribution in [0.25, 0.3) is 5.13 Å². The molecule has 0 unspecified atom stereocenters. The Hall–Kier alpha value is -1.95. The molecule has 0 fully saturated rings. The Labute approximate surface area is 147 Å². The van der Waals surface area contributed by atoms with Gasteiger partial charge in [0.2, 0.25) is 0 Å². The van der Waals surface area contributed by atoms with Crippen LogP contribution in [-0.2, 0) is 17.8 Å². The number of thiazole rings is 1. The van der Waals surface area contributed by atoms with Gasteiger partial charge in [0.25, 0.3) is 0 Å². The fourth-order valence-corrected chi connectivity index (χ4v) is 3.34. The molecule has 0 aliphatic heterocycles. The second kappa shape index (κ2) is 8.24. The molecule has 2 heterocycles. The van der Waals surface area contributed by atoms with Crippen LogP contribution in [0.1, 0.15) is 16.8 Å². The molecule has 4 nitrogen and oxygen atoms in total. The van der Waals surface area contributed by atoms with Crippen molar-refractivity contribution in [2.75, 3.05) is 20.3 Å². The summed E-state index contributed by atoms with van der Waals surface area (Å²) < 4.78 is 7.46. The Morgan fingerprint density at radius 2 is 2.00 bits per heavy atom. The Morgan fingerprint density at radius 1 is 1.17 bits per heavy atom. The van der Waals surface area contributed by atoms with E-state index < -0.39 is 0 Å². The summed E-state index contributed by atoms with van der Waals surface area (Å²) in [5.74, 6) is 0. The van der Waals surface area contributed by atoms with E-state index in [1.807, 2.05) is 11.6 Å². The van der Waals surface area contributed by atoms with E-state index in [1.54, 1.807) is 18.4 Å². The number of hydrogen-bond acceptors (Lipinski definition) is 4. The monoisotopic (exact) mass is 341 g/mol. The number of aryl methyl sites for hydroxylation is 1. The van der Waals surface area contributed by atoms with Crippen LogP contribution in [0.5, 0.6) is 0 Å². The fraction of sp³-hybridized carbons (Fsp3) is 0.316. The van der Waals surface area contributed by atoms with E-state index in [9.17, 15) is 0 Å². The first-order valence-electron chi connectivity index (χ1n) is 8.09. The predicted molar refractivity (Wildman–Crippen MR) is 98.6 cm³/mol. The van der Waals surface area contributed by atoms with Gasteiger partial charge in [-0.25, -0.2) is 4.98 Å². The first-order chi connectivity index (χ1) is 11.8. The quantitative estimate of drug-likeness (QED) is 0.623. The summed E-state index contributed by atoms with van der Waals surface area (Å²) in [5, 5.41) is 3.02. The highest BCUT2D eigenvalue weighted by Gasteiger charge is 2.12. The van der Waals surface area contributed by atoms with E-state index in [0.29, 0.717) is 0 Å². The van der Waals surface area contributed by atoms with Crippen molar-refractivity contribution in [1.29, 1.82) is 0 Å². The van der Waals surface area contributed by atoms with Crippen LogP contribution < -0.4 is 0 Å². The van der Waals surface area contributed by atoms with Crippen LogP contribution in [-0.4, -0.2) is 34.7 Å². The predicted octanol–water partition coefficient (Wildman–Crippen LogP) is 3.89. The number of aromatic nitrogens is 2. The Balaban J connectivity index is 1.75. The minimum absolute atomic E-state index is 0.726. The van der Waals surface area contributed by atoms with Gasteiger partial charge in [-0.1, -0.05) is 29.8 Å². The maximum absolute atomic E-state index is 5.29. The highest BCUT2D eigenvalue weighted by atomic mass is 32.1. The van der Waals surface area contributed by atoms with Gasteiger partial charge >= 0.3 is 0 Å². The van der Waals surface area contributed by atoms with E-state index in [0.717, 1.165) is 31.4 Å². The second-order valence-corrected chi connectivity index (χ2v) is 6.75. The third-order valence-corrected chi connectivity index (χ3v) is 4.75. The van der Waals surface area contributed by atoms with Crippen molar-refractivity contribution in [2.24, 2.45) is 0 Å². The van der Waals surface area contributed by atoms with Gasteiger partial charge in [-0.05, 0) is 24.6 Å². The van der Waals surface area contributed by atoms with Crippen LogP contribution in [0.15, 0.2) is 54.2 Å². The van der Waals surface area contributed by atoms with E-state index in [-0.39, 0.29) is 0 Å². The van der Waals surface area contributed by atoms with Crippen molar-refractivity contribution in [3.05, 3.63) is 71.0 Å². The smallest absolute Gasteiger partial charge is 0.193 e. The molecule has 0 N–H and O–H groups in total. The normalized spacial score (nSPS) is 11.3. The molecule has 0 atom stereocenters. The third-order valence-electron chi connectivity index (χ3n) is 3.98. The molecule has 1 aromatic carbocycles. The van der Waals surface area contributed by atoms with Gasteiger partial charge in [-0.3, -0.25) is 9.47 Å². The first kappa shape index (κ1) is 16.9. The molecule has 3 aromatic rings. The zero-order chi connectivity index (χ0) is 16.8. The van der Waals surface area contributed by atoms with Gasteiger partial charge < -0.3 is 4.74 Å². The van der Waals surface area contributed by atoms with Gasteiger partial charge in [0.1, 0.15) is 0 Å². The topological polar surface area (TPSA) is 30.3 Å². The summed E-state index contributed by atoms with van der Waals surface area (Å²) in [4.78, 5) is 6.83. The zero-order valence-electron chi connectivity index (χ0n) is 14.2. The fourth-order valence-electron chi connectivity index (χ4n) is 2.68. The molecule has 0 radical (unpaired) electrons. The molecule has 0 bridgehead atoms. The molecular formula is C19H23N3OS. The van der Waals surface area contributed by atoms with Crippen LogP contribution in [0.4, 0.5) is 0 Å². The molecule has 0 saturated heterocycles. The van der Waals surface area contributed by atoms with E-state index in [2.05, 4.69) is 64.0 Å². The van der Waals surface area contributed by atoms with Gasteiger partial charge in [-0.15, -0.1) is 11.3 Å². The lowest BCUT2D eigenvalue weighted by Crippen LogP contribution is -2.27. The minimum Gasteiger partial charge on any atom is -0.383 e. The molecule has 0 spiro atoms. The molecule has 3 rings (SSSR count). The largest absolute Gasteiger partial charge is 0.383 e. The van der Waals surface area contributed by atoms with Crippen molar-refractivity contribution < 1.29 is 4.74 Å². The Kier molecular flexibility index (Phi) is 5.80. The van der Waals surface area contributed by atoms with Crippen LogP contribution in [0, 0.1) is 6.92 Å². The molecule has 2 aromatic heterocycles. The van der Waals surface area contributed by atoms with Crippen molar-refractivity contribution in [1.82, 2.24) is 14.5 Å². The number of hydrogen-bond donors (Lipinski definition) is 0. The summed E-state index contributed by atoms with van der Waals surface area (Å²) in [5.41, 5.74) is 3.86. The summed E-state index contributed by atoms with van der Waals surface area (Å²) in [6.07, 6.45) is 3.92. The van der Waals surface area contributed by atoms with E-state index >= 15 is 0 Å². The van der Waals surface area contributed by atoms with Crippen molar-refractivity contribution >= 4 is 11.3 Å². The molecular weight excluding hydrogens is 318 g/mol. The van der Waals surface area contributed by atoms with Gasteiger partial charge in [0, 0.05) is 50.2 Å². The molecule has 0 amide bonds. The van der Waals surface area contributed by atoms with Gasteiger partial charge in [0.05, 0.1) is 6.61 Å². The molecule has 0 aliphatic carbocycles. The third kappa shape index (κ3) is 4.32. The second-order valence-electron chi connectivity index (χ2n) is 5.87. The number of rotatable bonds is 8. The highest BCUT2D eigenvalue weighted by molar-refractivity contribution is 7.12. The van der Waals surface area contributed by atoms with Crippen molar-refractivity contribution in [3.63, 3.8) is 0 Å². The van der Waals surface area contributed by atoms with Gasteiger partial charge in [0.15, 0.2) is 5.13 Å². The number of ether oxygens (including phenoxy) is 1. The van der Waals surface area contributed by atoms with Crippen molar-refractivity contribution in [3.8, 4) is 5.13 Å². The van der Waals surface area contributed by atoms with Crippen molar-refractivity contribution in [2.45, 2.75) is 20.0 Å². The molecule has 0 aliphatic rings. The summed E-state index contributed by atoms with van der Waals surface area (Å²) >= 11 is 1.65. The highest BCUT2D eigenvalue weighted by Crippen LogP contribution is 2.18. The number of methoxy groups -OCH3 is 1. The maximum atomic E-state index is 5.29. The average molecular weight is 341 g/mol.